The van der Waals surface area contributed by atoms with Crippen LogP contribution < -0.4 is 10.5 Å². The van der Waals surface area contributed by atoms with E-state index >= 15 is 0 Å². The fourth-order valence-electron chi connectivity index (χ4n) is 2.72. The van der Waals surface area contributed by atoms with E-state index in [2.05, 4.69) is 20.8 Å². The van der Waals surface area contributed by atoms with Gasteiger partial charge in [-0.2, -0.15) is 0 Å². The van der Waals surface area contributed by atoms with Gasteiger partial charge < -0.3 is 19.9 Å². The summed E-state index contributed by atoms with van der Waals surface area (Å²) in [6, 6.07) is 1.98. The van der Waals surface area contributed by atoms with Crippen molar-refractivity contribution >= 4 is 0 Å². The van der Waals surface area contributed by atoms with Gasteiger partial charge in [0.1, 0.15) is 5.75 Å². The highest BCUT2D eigenvalue weighted by Gasteiger charge is 2.37. The van der Waals surface area contributed by atoms with Crippen molar-refractivity contribution in [2.75, 3.05) is 20.3 Å². The summed E-state index contributed by atoms with van der Waals surface area (Å²) >= 11 is 0. The highest BCUT2D eigenvalue weighted by Crippen LogP contribution is 2.38. The Morgan fingerprint density at radius 1 is 1.21 bits per heavy atom. The Kier molecular flexibility index (Phi) is 3.85. The molecule has 2 rings (SSSR count). The molecular formula is C15H23NO3. The molecule has 4 nitrogen and oxygen atoms in total. The minimum atomic E-state index is -0.721. The molecule has 1 fully saturated rings. The molecule has 0 unspecified atom stereocenters. The minimum Gasteiger partial charge on any atom is -0.496 e. The lowest BCUT2D eigenvalue weighted by molar-refractivity contribution is -0.270. The van der Waals surface area contributed by atoms with Gasteiger partial charge in [0.2, 0.25) is 0 Å². The van der Waals surface area contributed by atoms with Crippen molar-refractivity contribution in [1.82, 2.24) is 0 Å². The Labute approximate surface area is 114 Å². The Bertz CT molecular complexity index is 477. The van der Waals surface area contributed by atoms with Crippen molar-refractivity contribution in [1.29, 1.82) is 0 Å². The van der Waals surface area contributed by atoms with E-state index in [1.54, 1.807) is 7.11 Å². The molecule has 0 saturated carbocycles. The highest BCUT2D eigenvalue weighted by molar-refractivity contribution is 5.49. The second-order valence-electron chi connectivity index (χ2n) is 5.35. The fraction of sp³-hybridized carbons (Fsp3) is 0.600. The van der Waals surface area contributed by atoms with Gasteiger partial charge in [0.05, 0.1) is 26.4 Å². The van der Waals surface area contributed by atoms with Gasteiger partial charge in [-0.15, -0.1) is 0 Å². The van der Waals surface area contributed by atoms with Crippen LogP contribution in [0.1, 0.15) is 29.2 Å². The quantitative estimate of drug-likeness (QED) is 0.890. The largest absolute Gasteiger partial charge is 0.496 e. The molecule has 2 N–H and O–H groups in total. The van der Waals surface area contributed by atoms with Gasteiger partial charge in [0.15, 0.2) is 5.79 Å². The molecule has 19 heavy (non-hydrogen) atoms. The maximum Gasteiger partial charge on any atom is 0.192 e. The average Bonchev–Trinajstić information content (AvgIpc) is 2.38. The topological polar surface area (TPSA) is 53.7 Å². The smallest absolute Gasteiger partial charge is 0.192 e. The van der Waals surface area contributed by atoms with E-state index in [0.717, 1.165) is 28.0 Å². The van der Waals surface area contributed by atoms with Crippen LogP contribution in [0.2, 0.25) is 0 Å². The average molecular weight is 265 g/mol. The molecule has 0 aliphatic carbocycles. The van der Waals surface area contributed by atoms with E-state index in [9.17, 15) is 0 Å². The van der Waals surface area contributed by atoms with Gasteiger partial charge in [0, 0.05) is 5.56 Å². The first-order valence-electron chi connectivity index (χ1n) is 6.58. The maximum atomic E-state index is 5.87. The number of aryl methyl sites for hydroxylation is 1. The van der Waals surface area contributed by atoms with Gasteiger partial charge >= 0.3 is 0 Å². The normalized spacial score (nSPS) is 27.4. The third kappa shape index (κ3) is 2.48. The van der Waals surface area contributed by atoms with Gasteiger partial charge in [-0.25, -0.2) is 0 Å². The Balaban J connectivity index is 2.48. The molecule has 0 radical (unpaired) electrons. The molecule has 0 amide bonds. The number of hydrogen-bond donors (Lipinski definition) is 1. The summed E-state index contributed by atoms with van der Waals surface area (Å²) in [4.78, 5) is 0. The summed E-state index contributed by atoms with van der Waals surface area (Å²) in [7, 11) is 1.69. The maximum absolute atomic E-state index is 5.87. The van der Waals surface area contributed by atoms with E-state index < -0.39 is 5.79 Å². The van der Waals surface area contributed by atoms with Crippen LogP contribution in [0, 0.1) is 20.8 Å². The van der Waals surface area contributed by atoms with Gasteiger partial charge in [-0.1, -0.05) is 0 Å². The third-order valence-electron chi connectivity index (χ3n) is 3.87. The SMILES string of the molecule is COc1cc(C)c(C2(C)OCC(N)CO2)c(C)c1C. The van der Waals surface area contributed by atoms with Crippen LogP contribution in [0.4, 0.5) is 0 Å². The molecule has 0 atom stereocenters. The Morgan fingerprint density at radius 2 is 1.79 bits per heavy atom. The van der Waals surface area contributed by atoms with E-state index in [1.807, 2.05) is 13.0 Å². The Hall–Kier alpha value is -1.10. The number of benzene rings is 1. The van der Waals surface area contributed by atoms with Crippen LogP contribution >= 0.6 is 0 Å². The first-order chi connectivity index (χ1) is 8.89. The number of hydrogen-bond acceptors (Lipinski definition) is 4. The lowest BCUT2D eigenvalue weighted by Crippen LogP contribution is -2.46. The van der Waals surface area contributed by atoms with Crippen molar-refractivity contribution in [3.8, 4) is 5.75 Å². The molecule has 1 aliphatic heterocycles. The van der Waals surface area contributed by atoms with Crippen molar-refractivity contribution in [3.63, 3.8) is 0 Å². The second kappa shape index (κ2) is 5.12. The number of methoxy groups -OCH3 is 1. The third-order valence-corrected chi connectivity index (χ3v) is 3.87. The number of nitrogens with two attached hydrogens (primary N) is 1. The monoisotopic (exact) mass is 265 g/mol. The zero-order chi connectivity index (χ0) is 14.2. The summed E-state index contributed by atoms with van der Waals surface area (Å²) in [5, 5.41) is 0. The lowest BCUT2D eigenvalue weighted by atomic mass is 9.91. The molecular weight excluding hydrogens is 242 g/mol. The summed E-state index contributed by atoms with van der Waals surface area (Å²) < 4.78 is 17.1. The predicted molar refractivity (Wildman–Crippen MR) is 74.4 cm³/mol. The van der Waals surface area contributed by atoms with E-state index in [1.165, 1.54) is 0 Å². The zero-order valence-electron chi connectivity index (χ0n) is 12.4. The molecule has 0 aromatic heterocycles. The number of rotatable bonds is 2. The Morgan fingerprint density at radius 3 is 2.32 bits per heavy atom. The first-order valence-corrected chi connectivity index (χ1v) is 6.58. The summed E-state index contributed by atoms with van der Waals surface area (Å²) in [5.41, 5.74) is 10.3. The van der Waals surface area contributed by atoms with Crippen LogP contribution in [0.25, 0.3) is 0 Å². The van der Waals surface area contributed by atoms with Gasteiger partial charge in [-0.3, -0.25) is 0 Å². The summed E-state index contributed by atoms with van der Waals surface area (Å²) in [6.45, 7) is 9.17. The van der Waals surface area contributed by atoms with E-state index in [0.29, 0.717) is 13.2 Å². The van der Waals surface area contributed by atoms with Crippen LogP contribution in [0.5, 0.6) is 5.75 Å². The summed E-state index contributed by atoms with van der Waals surface area (Å²) in [5.74, 6) is 0.177. The van der Waals surface area contributed by atoms with Gasteiger partial charge in [0.25, 0.3) is 0 Å². The molecule has 1 aromatic carbocycles. The van der Waals surface area contributed by atoms with Crippen molar-refractivity contribution in [2.24, 2.45) is 5.73 Å². The van der Waals surface area contributed by atoms with Crippen molar-refractivity contribution in [3.05, 3.63) is 28.3 Å². The molecule has 4 heteroatoms. The van der Waals surface area contributed by atoms with Crippen LogP contribution in [-0.2, 0) is 15.3 Å². The van der Waals surface area contributed by atoms with E-state index in [-0.39, 0.29) is 6.04 Å². The van der Waals surface area contributed by atoms with Crippen LogP contribution in [0.15, 0.2) is 6.07 Å². The van der Waals surface area contributed by atoms with Crippen LogP contribution in [-0.4, -0.2) is 26.4 Å². The molecule has 1 saturated heterocycles. The molecule has 1 aromatic rings. The van der Waals surface area contributed by atoms with Crippen LogP contribution in [0.3, 0.4) is 0 Å². The summed E-state index contributed by atoms with van der Waals surface area (Å²) in [6.07, 6.45) is 0. The van der Waals surface area contributed by atoms with E-state index in [4.69, 9.17) is 19.9 Å². The number of ether oxygens (including phenoxy) is 3. The minimum absolute atomic E-state index is 0.0481. The fourth-order valence-corrected chi connectivity index (χ4v) is 2.72. The molecule has 1 aliphatic rings. The lowest BCUT2D eigenvalue weighted by Gasteiger charge is -2.39. The van der Waals surface area contributed by atoms with Crippen molar-refractivity contribution < 1.29 is 14.2 Å². The zero-order valence-corrected chi connectivity index (χ0v) is 12.4. The standard InChI is InChI=1S/C15H23NO3/c1-9-6-13(17-5)10(2)11(3)14(9)15(4)18-7-12(16)8-19-15/h6,12H,7-8,16H2,1-5H3. The molecule has 106 valence electrons. The highest BCUT2D eigenvalue weighted by atomic mass is 16.7. The molecule has 0 bridgehead atoms. The first kappa shape index (κ1) is 14.3. The molecule has 1 heterocycles. The van der Waals surface area contributed by atoms with Gasteiger partial charge in [-0.05, 0) is 50.5 Å². The van der Waals surface area contributed by atoms with Crippen molar-refractivity contribution in [2.45, 2.75) is 39.5 Å². The molecule has 0 spiro atoms. The predicted octanol–water partition coefficient (Wildman–Crippen LogP) is 2.17. The second-order valence-corrected chi connectivity index (χ2v) is 5.35.